The van der Waals surface area contributed by atoms with Gasteiger partial charge in [-0.3, -0.25) is 4.79 Å². The molecule has 1 unspecified atom stereocenters. The molecule has 0 bridgehead atoms. The average molecular weight is 331 g/mol. The van der Waals surface area contributed by atoms with E-state index in [0.717, 1.165) is 5.69 Å². The molecular weight excluding hydrogens is 314 g/mol. The Morgan fingerprint density at radius 2 is 1.65 bits per heavy atom. The molecule has 3 rings (SSSR count). The van der Waals surface area contributed by atoms with Gasteiger partial charge < -0.3 is 9.08 Å². The Kier molecular flexibility index (Phi) is 3.64. The second-order valence-corrected chi connectivity index (χ2v) is 7.38. The van der Waals surface area contributed by atoms with E-state index in [2.05, 4.69) is 0 Å². The zero-order valence-electron chi connectivity index (χ0n) is 12.9. The van der Waals surface area contributed by atoms with Crippen LogP contribution in [-0.4, -0.2) is 27.1 Å². The Hall–Kier alpha value is -2.34. The second kappa shape index (κ2) is 5.38. The third-order valence-electron chi connectivity index (χ3n) is 4.07. The highest BCUT2D eigenvalue weighted by molar-refractivity contribution is 7.87. The third kappa shape index (κ3) is 2.70. The SMILES string of the molecule is CN1C(=O)C(C)(CS(=O)(=O)Oc2ccccc2)c2ccccc21. The van der Waals surface area contributed by atoms with Gasteiger partial charge in [-0.15, -0.1) is 0 Å². The first-order valence-corrected chi connectivity index (χ1v) is 8.76. The van der Waals surface area contributed by atoms with E-state index >= 15 is 0 Å². The summed E-state index contributed by atoms with van der Waals surface area (Å²) in [6, 6.07) is 15.5. The van der Waals surface area contributed by atoms with Gasteiger partial charge in [0.2, 0.25) is 5.91 Å². The Labute approximate surface area is 135 Å². The number of hydrogen-bond donors (Lipinski definition) is 0. The van der Waals surface area contributed by atoms with Crippen molar-refractivity contribution in [3.63, 3.8) is 0 Å². The van der Waals surface area contributed by atoms with Gasteiger partial charge in [-0.05, 0) is 30.7 Å². The van der Waals surface area contributed by atoms with Crippen molar-refractivity contribution in [1.82, 2.24) is 0 Å². The van der Waals surface area contributed by atoms with Crippen LogP contribution >= 0.6 is 0 Å². The number of likely N-dealkylation sites (N-methyl/N-ethyl adjacent to an activating group) is 1. The quantitative estimate of drug-likeness (QED) is 0.807. The lowest BCUT2D eigenvalue weighted by Crippen LogP contribution is -2.42. The lowest BCUT2D eigenvalue weighted by Gasteiger charge is -2.22. The van der Waals surface area contributed by atoms with Crippen LogP contribution in [0.1, 0.15) is 12.5 Å². The molecule has 1 heterocycles. The summed E-state index contributed by atoms with van der Waals surface area (Å²) < 4.78 is 30.0. The molecular formula is C17H17NO4S. The van der Waals surface area contributed by atoms with Crippen LogP contribution in [0, 0.1) is 0 Å². The van der Waals surface area contributed by atoms with Crippen LogP contribution in [0.15, 0.2) is 54.6 Å². The minimum absolute atomic E-state index is 0.239. The van der Waals surface area contributed by atoms with Crippen molar-refractivity contribution in [2.24, 2.45) is 0 Å². The number of benzene rings is 2. The second-order valence-electron chi connectivity index (χ2n) is 5.81. The highest BCUT2D eigenvalue weighted by atomic mass is 32.2. The van der Waals surface area contributed by atoms with Gasteiger partial charge in [-0.2, -0.15) is 8.42 Å². The lowest BCUT2D eigenvalue weighted by molar-refractivity contribution is -0.121. The largest absolute Gasteiger partial charge is 0.382 e. The van der Waals surface area contributed by atoms with Gasteiger partial charge in [0.1, 0.15) is 11.5 Å². The van der Waals surface area contributed by atoms with Gasteiger partial charge in [0.05, 0.1) is 5.41 Å². The van der Waals surface area contributed by atoms with E-state index < -0.39 is 21.3 Å². The molecule has 5 nitrogen and oxygen atoms in total. The average Bonchev–Trinajstić information content (AvgIpc) is 2.70. The summed E-state index contributed by atoms with van der Waals surface area (Å²) in [4.78, 5) is 14.1. The molecule has 1 aliphatic heterocycles. The molecule has 0 radical (unpaired) electrons. The zero-order chi connectivity index (χ0) is 16.7. The maximum atomic E-state index is 12.6. The van der Waals surface area contributed by atoms with E-state index in [1.807, 2.05) is 12.1 Å². The lowest BCUT2D eigenvalue weighted by atomic mass is 9.86. The monoisotopic (exact) mass is 331 g/mol. The number of para-hydroxylation sites is 2. The van der Waals surface area contributed by atoms with Gasteiger partial charge in [-0.25, -0.2) is 0 Å². The van der Waals surface area contributed by atoms with Crippen molar-refractivity contribution in [2.45, 2.75) is 12.3 Å². The van der Waals surface area contributed by atoms with Crippen molar-refractivity contribution >= 4 is 21.7 Å². The topological polar surface area (TPSA) is 63.7 Å². The summed E-state index contributed by atoms with van der Waals surface area (Å²) in [5.74, 6) is -0.420. The first-order valence-electron chi connectivity index (χ1n) is 7.18. The molecule has 2 aromatic rings. The smallest absolute Gasteiger partial charge is 0.310 e. The van der Waals surface area contributed by atoms with Crippen molar-refractivity contribution in [3.8, 4) is 5.75 Å². The first kappa shape index (κ1) is 15.6. The zero-order valence-corrected chi connectivity index (χ0v) is 13.7. The normalized spacial score (nSPS) is 20.4. The maximum absolute atomic E-state index is 12.6. The molecule has 0 saturated carbocycles. The van der Waals surface area contributed by atoms with Crippen LogP contribution in [0.5, 0.6) is 5.75 Å². The third-order valence-corrected chi connectivity index (χ3v) is 5.45. The molecule has 120 valence electrons. The summed E-state index contributed by atoms with van der Waals surface area (Å²) in [7, 11) is -2.27. The van der Waals surface area contributed by atoms with Crippen LogP contribution in [-0.2, 0) is 20.3 Å². The van der Waals surface area contributed by atoms with Crippen LogP contribution in [0.25, 0.3) is 0 Å². The fourth-order valence-electron chi connectivity index (χ4n) is 2.97. The predicted molar refractivity (Wildman–Crippen MR) is 88.1 cm³/mol. The number of anilines is 1. The van der Waals surface area contributed by atoms with Crippen LogP contribution in [0.3, 0.4) is 0 Å². The molecule has 23 heavy (non-hydrogen) atoms. The Bertz CT molecular complexity index is 848. The molecule has 6 heteroatoms. The van der Waals surface area contributed by atoms with Gasteiger partial charge in [0.25, 0.3) is 0 Å². The Morgan fingerprint density at radius 1 is 1.04 bits per heavy atom. The number of carbonyl (C=O) groups excluding carboxylic acids is 1. The van der Waals surface area contributed by atoms with Gasteiger partial charge >= 0.3 is 10.1 Å². The molecule has 2 aromatic carbocycles. The van der Waals surface area contributed by atoms with Crippen molar-refractivity contribution < 1.29 is 17.4 Å². The molecule has 0 N–H and O–H groups in total. The van der Waals surface area contributed by atoms with E-state index in [1.165, 1.54) is 4.90 Å². The molecule has 0 aliphatic carbocycles. The van der Waals surface area contributed by atoms with Crippen LogP contribution in [0.4, 0.5) is 5.69 Å². The number of amides is 1. The maximum Gasteiger partial charge on any atom is 0.310 e. The molecule has 1 atom stereocenters. The minimum Gasteiger partial charge on any atom is -0.382 e. The Balaban J connectivity index is 1.94. The first-order chi connectivity index (χ1) is 10.8. The summed E-state index contributed by atoms with van der Waals surface area (Å²) in [5, 5.41) is 0. The standard InChI is InChI=1S/C17H17NO4S/c1-17(12-23(20,21)22-13-8-4-3-5-9-13)14-10-6-7-11-15(14)18(2)16(17)19/h3-11H,12H2,1-2H3. The molecule has 1 aliphatic rings. The van der Waals surface area contributed by atoms with Crippen LogP contribution < -0.4 is 9.08 Å². The number of nitrogens with zero attached hydrogens (tertiary/aromatic N) is 1. The summed E-state index contributed by atoms with van der Waals surface area (Å²) in [6.07, 6.45) is 0. The number of carbonyl (C=O) groups is 1. The van der Waals surface area contributed by atoms with Gasteiger partial charge in [0, 0.05) is 12.7 Å². The highest BCUT2D eigenvalue weighted by Crippen LogP contribution is 2.41. The van der Waals surface area contributed by atoms with E-state index in [0.29, 0.717) is 5.56 Å². The summed E-state index contributed by atoms with van der Waals surface area (Å²) in [5.41, 5.74) is 0.279. The van der Waals surface area contributed by atoms with Crippen molar-refractivity contribution in [1.29, 1.82) is 0 Å². The molecule has 0 aromatic heterocycles. The van der Waals surface area contributed by atoms with Gasteiger partial charge in [0.15, 0.2) is 0 Å². The van der Waals surface area contributed by atoms with E-state index in [1.54, 1.807) is 56.4 Å². The summed E-state index contributed by atoms with van der Waals surface area (Å²) >= 11 is 0. The van der Waals surface area contributed by atoms with Crippen LogP contribution in [0.2, 0.25) is 0 Å². The molecule has 0 saturated heterocycles. The molecule has 0 spiro atoms. The fraction of sp³-hybridized carbons (Fsp3) is 0.235. The fourth-order valence-corrected chi connectivity index (χ4v) is 4.42. The number of hydrogen-bond acceptors (Lipinski definition) is 4. The van der Waals surface area contributed by atoms with Gasteiger partial charge in [-0.1, -0.05) is 36.4 Å². The van der Waals surface area contributed by atoms with Crippen molar-refractivity contribution in [3.05, 3.63) is 60.2 Å². The number of rotatable bonds is 4. The van der Waals surface area contributed by atoms with Crippen molar-refractivity contribution in [2.75, 3.05) is 17.7 Å². The number of fused-ring (bicyclic) bond motifs is 1. The molecule has 1 amide bonds. The van der Waals surface area contributed by atoms with E-state index in [9.17, 15) is 13.2 Å². The predicted octanol–water partition coefficient (Wildman–Crippen LogP) is 2.33. The highest BCUT2D eigenvalue weighted by Gasteiger charge is 2.49. The summed E-state index contributed by atoms with van der Waals surface area (Å²) in [6.45, 7) is 1.64. The van der Waals surface area contributed by atoms with E-state index in [4.69, 9.17) is 4.18 Å². The Morgan fingerprint density at radius 3 is 2.35 bits per heavy atom. The minimum atomic E-state index is -3.92. The van der Waals surface area contributed by atoms with E-state index in [-0.39, 0.29) is 11.7 Å². The molecule has 0 fully saturated rings.